The van der Waals surface area contributed by atoms with Gasteiger partial charge in [0, 0.05) is 11.7 Å². The number of carbonyl (C=O) groups is 1. The Morgan fingerprint density at radius 2 is 2.33 bits per heavy atom. The summed E-state index contributed by atoms with van der Waals surface area (Å²) < 4.78 is 7.74. The molecule has 4 heteroatoms. The largest absolute Gasteiger partial charge is 0.462 e. The third kappa shape index (κ3) is 1.90. The number of carbonyl (C=O) groups excluding carboxylic acids is 1. The van der Waals surface area contributed by atoms with E-state index in [2.05, 4.69) is 15.9 Å². The van der Waals surface area contributed by atoms with E-state index < -0.39 is 0 Å². The zero-order valence-corrected chi connectivity index (χ0v) is 9.82. The molecule has 0 bridgehead atoms. The van der Waals surface area contributed by atoms with Crippen LogP contribution < -0.4 is 0 Å². The predicted molar refractivity (Wildman–Crippen MR) is 61.1 cm³/mol. The second kappa shape index (κ2) is 4.06. The van der Waals surface area contributed by atoms with E-state index in [1.165, 1.54) is 0 Å². The van der Waals surface area contributed by atoms with Gasteiger partial charge < -0.3 is 9.14 Å². The average molecular weight is 268 g/mol. The van der Waals surface area contributed by atoms with Crippen LogP contribution in [0, 0.1) is 0 Å². The van der Waals surface area contributed by atoms with Gasteiger partial charge in [-0.1, -0.05) is 6.07 Å². The van der Waals surface area contributed by atoms with E-state index in [4.69, 9.17) is 4.74 Å². The van der Waals surface area contributed by atoms with Crippen molar-refractivity contribution >= 4 is 27.4 Å². The number of fused-ring (bicyclic) bond motifs is 1. The molecule has 78 valence electrons. The summed E-state index contributed by atoms with van der Waals surface area (Å²) in [7, 11) is 0. The maximum absolute atomic E-state index is 11.5. The Morgan fingerprint density at radius 1 is 1.53 bits per heavy atom. The van der Waals surface area contributed by atoms with Crippen LogP contribution in [0.4, 0.5) is 0 Å². The second-order valence-electron chi connectivity index (χ2n) is 3.09. The van der Waals surface area contributed by atoms with E-state index >= 15 is 0 Å². The SMILES string of the molecule is CCOC(=O)c1cc2cccc(Br)n2c1. The van der Waals surface area contributed by atoms with Crippen LogP contribution in [0.2, 0.25) is 0 Å². The highest BCUT2D eigenvalue weighted by Crippen LogP contribution is 2.17. The van der Waals surface area contributed by atoms with E-state index in [1.807, 2.05) is 28.7 Å². The molecule has 2 aromatic rings. The molecule has 15 heavy (non-hydrogen) atoms. The standard InChI is InChI=1S/C11H10BrNO2/c1-2-15-11(14)8-6-9-4-3-5-10(12)13(9)7-8/h3-7H,2H2,1H3. The highest BCUT2D eigenvalue weighted by atomic mass is 79.9. The summed E-state index contributed by atoms with van der Waals surface area (Å²) in [5, 5.41) is 0. The minimum absolute atomic E-state index is 0.284. The Hall–Kier alpha value is -1.29. The van der Waals surface area contributed by atoms with Crippen molar-refractivity contribution in [3.05, 3.63) is 40.6 Å². The van der Waals surface area contributed by atoms with Crippen LogP contribution in [0.5, 0.6) is 0 Å². The Labute approximate surface area is 95.8 Å². The second-order valence-corrected chi connectivity index (χ2v) is 3.91. The summed E-state index contributed by atoms with van der Waals surface area (Å²) in [6, 6.07) is 7.59. The number of aromatic nitrogens is 1. The first-order valence-electron chi connectivity index (χ1n) is 4.66. The molecule has 0 unspecified atom stereocenters. The molecule has 0 fully saturated rings. The van der Waals surface area contributed by atoms with Gasteiger partial charge >= 0.3 is 5.97 Å². The Bertz CT molecular complexity index is 504. The van der Waals surface area contributed by atoms with Crippen LogP contribution in [-0.4, -0.2) is 17.0 Å². The molecule has 2 aromatic heterocycles. The minimum Gasteiger partial charge on any atom is -0.462 e. The lowest BCUT2D eigenvalue weighted by atomic mass is 10.3. The van der Waals surface area contributed by atoms with Gasteiger partial charge in [0.2, 0.25) is 0 Å². The molecule has 0 N–H and O–H groups in total. The fourth-order valence-electron chi connectivity index (χ4n) is 1.43. The first-order valence-corrected chi connectivity index (χ1v) is 5.45. The normalized spacial score (nSPS) is 10.5. The summed E-state index contributed by atoms with van der Waals surface area (Å²) in [5.74, 6) is -0.284. The van der Waals surface area contributed by atoms with Crippen molar-refractivity contribution < 1.29 is 9.53 Å². The molecular formula is C11H10BrNO2. The molecule has 0 saturated carbocycles. The summed E-state index contributed by atoms with van der Waals surface area (Å²) in [5.41, 5.74) is 1.54. The Balaban J connectivity index is 2.47. The smallest absolute Gasteiger partial charge is 0.339 e. The zero-order valence-electron chi connectivity index (χ0n) is 8.24. The van der Waals surface area contributed by atoms with Gasteiger partial charge in [-0.25, -0.2) is 4.79 Å². The van der Waals surface area contributed by atoms with Crippen molar-refractivity contribution in [2.75, 3.05) is 6.61 Å². The van der Waals surface area contributed by atoms with Crippen molar-refractivity contribution in [2.45, 2.75) is 6.92 Å². The molecule has 0 atom stereocenters. The number of pyridine rings is 1. The summed E-state index contributed by atoms with van der Waals surface area (Å²) >= 11 is 3.41. The van der Waals surface area contributed by atoms with Crippen LogP contribution >= 0.6 is 15.9 Å². The van der Waals surface area contributed by atoms with Crippen molar-refractivity contribution in [2.24, 2.45) is 0 Å². The summed E-state index contributed by atoms with van der Waals surface area (Å²) in [6.07, 6.45) is 1.76. The molecule has 0 aliphatic carbocycles. The third-order valence-electron chi connectivity index (χ3n) is 2.09. The first kappa shape index (κ1) is 10.2. The molecule has 0 aromatic carbocycles. The molecule has 0 amide bonds. The number of hydrogen-bond acceptors (Lipinski definition) is 2. The van der Waals surface area contributed by atoms with Crippen LogP contribution in [0.15, 0.2) is 35.1 Å². The fraction of sp³-hybridized carbons (Fsp3) is 0.182. The molecule has 2 heterocycles. The zero-order chi connectivity index (χ0) is 10.8. The number of nitrogens with zero attached hydrogens (tertiary/aromatic N) is 1. The molecule has 3 nitrogen and oxygen atoms in total. The molecule has 0 aliphatic heterocycles. The lowest BCUT2D eigenvalue weighted by molar-refractivity contribution is 0.0526. The molecule has 2 rings (SSSR count). The van der Waals surface area contributed by atoms with E-state index in [0.717, 1.165) is 10.1 Å². The van der Waals surface area contributed by atoms with Gasteiger partial charge in [0.25, 0.3) is 0 Å². The van der Waals surface area contributed by atoms with Gasteiger partial charge in [0.15, 0.2) is 0 Å². The Morgan fingerprint density at radius 3 is 3.00 bits per heavy atom. The number of esters is 1. The minimum atomic E-state index is -0.284. The average Bonchev–Trinajstić information content (AvgIpc) is 2.63. The van der Waals surface area contributed by atoms with E-state index in [1.54, 1.807) is 13.1 Å². The number of hydrogen-bond donors (Lipinski definition) is 0. The van der Waals surface area contributed by atoms with E-state index in [0.29, 0.717) is 12.2 Å². The third-order valence-corrected chi connectivity index (χ3v) is 2.74. The molecule has 0 saturated heterocycles. The van der Waals surface area contributed by atoms with Crippen LogP contribution in [0.1, 0.15) is 17.3 Å². The highest BCUT2D eigenvalue weighted by Gasteiger charge is 2.09. The van der Waals surface area contributed by atoms with Crippen molar-refractivity contribution in [3.8, 4) is 0 Å². The van der Waals surface area contributed by atoms with E-state index in [9.17, 15) is 4.79 Å². The van der Waals surface area contributed by atoms with Crippen LogP contribution in [-0.2, 0) is 4.74 Å². The van der Waals surface area contributed by atoms with Gasteiger partial charge in [-0.2, -0.15) is 0 Å². The monoisotopic (exact) mass is 267 g/mol. The highest BCUT2D eigenvalue weighted by molar-refractivity contribution is 9.10. The molecule has 0 aliphatic rings. The van der Waals surface area contributed by atoms with Gasteiger partial charge in [-0.05, 0) is 41.1 Å². The topological polar surface area (TPSA) is 30.7 Å². The Kier molecular flexibility index (Phi) is 2.77. The van der Waals surface area contributed by atoms with Crippen molar-refractivity contribution in [1.29, 1.82) is 0 Å². The van der Waals surface area contributed by atoms with Crippen LogP contribution in [0.3, 0.4) is 0 Å². The molecular weight excluding hydrogens is 258 g/mol. The fourth-order valence-corrected chi connectivity index (χ4v) is 1.89. The quantitative estimate of drug-likeness (QED) is 0.619. The van der Waals surface area contributed by atoms with Gasteiger partial charge in [0.1, 0.15) is 0 Å². The summed E-state index contributed by atoms with van der Waals surface area (Å²) in [4.78, 5) is 11.5. The number of ether oxygens (including phenoxy) is 1. The molecule has 0 radical (unpaired) electrons. The van der Waals surface area contributed by atoms with Gasteiger partial charge in [0.05, 0.1) is 16.8 Å². The lowest BCUT2D eigenvalue weighted by Crippen LogP contribution is -2.02. The maximum Gasteiger partial charge on any atom is 0.339 e. The van der Waals surface area contributed by atoms with Gasteiger partial charge in [-0.3, -0.25) is 0 Å². The van der Waals surface area contributed by atoms with Crippen molar-refractivity contribution in [1.82, 2.24) is 4.40 Å². The predicted octanol–water partition coefficient (Wildman–Crippen LogP) is 2.88. The van der Waals surface area contributed by atoms with Gasteiger partial charge in [-0.15, -0.1) is 0 Å². The molecule has 0 spiro atoms. The summed E-state index contributed by atoms with van der Waals surface area (Å²) in [6.45, 7) is 2.19. The van der Waals surface area contributed by atoms with E-state index in [-0.39, 0.29) is 5.97 Å². The number of rotatable bonds is 2. The number of halogens is 1. The lowest BCUT2D eigenvalue weighted by Gasteiger charge is -1.97. The first-order chi connectivity index (χ1) is 7.22. The van der Waals surface area contributed by atoms with Crippen molar-refractivity contribution in [3.63, 3.8) is 0 Å². The maximum atomic E-state index is 11.5. The van der Waals surface area contributed by atoms with Crippen LogP contribution in [0.25, 0.3) is 5.52 Å².